The molecule has 0 saturated heterocycles. The standard InChI is InChI=1S/C23H28N4OS/c1-3-24-22(26-16-21-25-15-18(2)29-21)27-17-23(28,20-12-8-5-9-13-20)14-19-10-6-4-7-11-19/h4-13,15,28H,3,14,16-17H2,1-2H3,(H2,24,26,27). The molecule has 0 spiro atoms. The van der Waals surface area contributed by atoms with Crippen molar-refractivity contribution >= 4 is 17.3 Å². The van der Waals surface area contributed by atoms with Crippen molar-refractivity contribution in [1.29, 1.82) is 0 Å². The Bertz CT molecular complexity index is 911. The van der Waals surface area contributed by atoms with Gasteiger partial charge in [0.15, 0.2) is 5.96 Å². The van der Waals surface area contributed by atoms with Crippen LogP contribution < -0.4 is 10.6 Å². The molecule has 0 aliphatic carbocycles. The zero-order chi connectivity index (χ0) is 20.5. The molecule has 1 unspecified atom stereocenters. The Kier molecular flexibility index (Phi) is 7.38. The van der Waals surface area contributed by atoms with Crippen molar-refractivity contribution in [2.45, 2.75) is 32.4 Å². The summed E-state index contributed by atoms with van der Waals surface area (Å²) in [6, 6.07) is 19.9. The van der Waals surface area contributed by atoms with Gasteiger partial charge in [0.1, 0.15) is 10.6 Å². The highest BCUT2D eigenvalue weighted by atomic mass is 32.1. The second kappa shape index (κ2) is 10.2. The maximum Gasteiger partial charge on any atom is 0.191 e. The summed E-state index contributed by atoms with van der Waals surface area (Å²) in [4.78, 5) is 10.2. The summed E-state index contributed by atoms with van der Waals surface area (Å²) < 4.78 is 0. The number of aliphatic hydroxyl groups is 1. The van der Waals surface area contributed by atoms with E-state index in [4.69, 9.17) is 0 Å². The number of rotatable bonds is 8. The van der Waals surface area contributed by atoms with E-state index >= 15 is 0 Å². The molecule has 1 heterocycles. The summed E-state index contributed by atoms with van der Waals surface area (Å²) in [5, 5.41) is 19.1. The summed E-state index contributed by atoms with van der Waals surface area (Å²) in [6.07, 6.45) is 2.37. The molecule has 5 nitrogen and oxygen atoms in total. The largest absolute Gasteiger partial charge is 0.383 e. The SMILES string of the molecule is CCNC(=NCc1ncc(C)s1)NCC(O)(Cc1ccccc1)c1ccccc1. The minimum atomic E-state index is -1.06. The Morgan fingerprint density at radius 2 is 1.76 bits per heavy atom. The molecule has 3 aromatic rings. The first-order valence-corrected chi connectivity index (χ1v) is 10.7. The summed E-state index contributed by atoms with van der Waals surface area (Å²) in [5.41, 5.74) is 0.903. The normalized spacial score (nSPS) is 13.7. The minimum absolute atomic E-state index is 0.342. The number of nitrogens with one attached hydrogen (secondary N) is 2. The van der Waals surface area contributed by atoms with Crippen molar-refractivity contribution in [3.63, 3.8) is 0 Å². The fourth-order valence-corrected chi connectivity index (χ4v) is 3.85. The first-order chi connectivity index (χ1) is 14.1. The van der Waals surface area contributed by atoms with Crippen LogP contribution in [-0.4, -0.2) is 29.1 Å². The molecule has 0 aliphatic heterocycles. The molecule has 0 amide bonds. The number of hydrogen-bond acceptors (Lipinski definition) is 4. The van der Waals surface area contributed by atoms with Crippen molar-refractivity contribution in [3.05, 3.63) is 87.9 Å². The number of hydrogen-bond donors (Lipinski definition) is 3. The van der Waals surface area contributed by atoms with Crippen LogP contribution in [0.25, 0.3) is 0 Å². The van der Waals surface area contributed by atoms with Crippen LogP contribution in [0.4, 0.5) is 0 Å². The maximum absolute atomic E-state index is 11.6. The lowest BCUT2D eigenvalue weighted by atomic mass is 9.87. The monoisotopic (exact) mass is 408 g/mol. The summed E-state index contributed by atoms with van der Waals surface area (Å²) in [7, 11) is 0. The first kappa shape index (κ1) is 21.0. The second-order valence-corrected chi connectivity index (χ2v) is 8.29. The molecule has 0 fully saturated rings. The van der Waals surface area contributed by atoms with Gasteiger partial charge in [-0.05, 0) is 25.0 Å². The van der Waals surface area contributed by atoms with Crippen LogP contribution in [0.1, 0.15) is 27.9 Å². The van der Waals surface area contributed by atoms with E-state index in [1.165, 1.54) is 4.88 Å². The number of benzene rings is 2. The first-order valence-electron chi connectivity index (χ1n) is 9.84. The zero-order valence-corrected chi connectivity index (χ0v) is 17.7. The third-order valence-corrected chi connectivity index (χ3v) is 5.48. The molecule has 29 heavy (non-hydrogen) atoms. The van der Waals surface area contributed by atoms with E-state index in [1.54, 1.807) is 11.3 Å². The zero-order valence-electron chi connectivity index (χ0n) is 16.9. The van der Waals surface area contributed by atoms with Gasteiger partial charge in [-0.25, -0.2) is 9.98 Å². The van der Waals surface area contributed by atoms with Crippen molar-refractivity contribution in [1.82, 2.24) is 15.6 Å². The third kappa shape index (κ3) is 6.14. The average molecular weight is 409 g/mol. The van der Waals surface area contributed by atoms with Gasteiger partial charge in [0.05, 0.1) is 13.1 Å². The van der Waals surface area contributed by atoms with Crippen LogP contribution >= 0.6 is 11.3 Å². The lowest BCUT2D eigenvalue weighted by Crippen LogP contribution is -2.46. The van der Waals surface area contributed by atoms with E-state index in [2.05, 4.69) is 20.6 Å². The molecule has 1 aromatic heterocycles. The predicted molar refractivity (Wildman–Crippen MR) is 120 cm³/mol. The highest BCUT2D eigenvalue weighted by Gasteiger charge is 2.29. The van der Waals surface area contributed by atoms with Crippen LogP contribution in [0.5, 0.6) is 0 Å². The predicted octanol–water partition coefficient (Wildman–Crippen LogP) is 3.64. The Hall–Kier alpha value is -2.70. The van der Waals surface area contributed by atoms with E-state index in [0.29, 0.717) is 25.5 Å². The number of guanidine groups is 1. The van der Waals surface area contributed by atoms with E-state index in [1.807, 2.05) is 80.7 Å². The minimum Gasteiger partial charge on any atom is -0.383 e. The quantitative estimate of drug-likeness (QED) is 0.393. The van der Waals surface area contributed by atoms with Gasteiger partial charge in [-0.3, -0.25) is 0 Å². The lowest BCUT2D eigenvalue weighted by Gasteiger charge is -2.30. The van der Waals surface area contributed by atoms with E-state index in [-0.39, 0.29) is 0 Å². The Labute approximate surface area is 176 Å². The van der Waals surface area contributed by atoms with Gasteiger partial charge in [-0.1, -0.05) is 60.7 Å². The molecule has 0 bridgehead atoms. The highest BCUT2D eigenvalue weighted by molar-refractivity contribution is 7.11. The molecule has 152 valence electrons. The molecular formula is C23H28N4OS. The smallest absolute Gasteiger partial charge is 0.191 e. The van der Waals surface area contributed by atoms with Crippen molar-refractivity contribution in [2.24, 2.45) is 4.99 Å². The van der Waals surface area contributed by atoms with Gasteiger partial charge in [-0.15, -0.1) is 11.3 Å². The van der Waals surface area contributed by atoms with Crippen molar-refractivity contribution in [2.75, 3.05) is 13.1 Å². The number of aryl methyl sites for hydroxylation is 1. The molecule has 3 rings (SSSR count). The van der Waals surface area contributed by atoms with Crippen LogP contribution in [-0.2, 0) is 18.6 Å². The average Bonchev–Trinajstić information content (AvgIpc) is 3.17. The molecule has 0 radical (unpaired) electrons. The van der Waals surface area contributed by atoms with Crippen molar-refractivity contribution < 1.29 is 5.11 Å². The van der Waals surface area contributed by atoms with Gasteiger partial charge in [0, 0.05) is 24.0 Å². The summed E-state index contributed by atoms with van der Waals surface area (Å²) in [6.45, 7) is 5.66. The Balaban J connectivity index is 1.76. The summed E-state index contributed by atoms with van der Waals surface area (Å²) >= 11 is 1.65. The van der Waals surface area contributed by atoms with Crippen LogP contribution in [0, 0.1) is 6.92 Å². The van der Waals surface area contributed by atoms with Gasteiger partial charge in [0.2, 0.25) is 0 Å². The van der Waals surface area contributed by atoms with Gasteiger partial charge in [-0.2, -0.15) is 0 Å². The Morgan fingerprint density at radius 1 is 1.07 bits per heavy atom. The van der Waals surface area contributed by atoms with E-state index in [9.17, 15) is 5.11 Å². The highest BCUT2D eigenvalue weighted by Crippen LogP contribution is 2.25. The van der Waals surface area contributed by atoms with Crippen LogP contribution in [0.15, 0.2) is 71.9 Å². The molecule has 0 saturated carbocycles. The number of aromatic nitrogens is 1. The van der Waals surface area contributed by atoms with E-state index < -0.39 is 5.60 Å². The fourth-order valence-electron chi connectivity index (χ4n) is 3.14. The molecule has 2 aromatic carbocycles. The molecule has 6 heteroatoms. The van der Waals surface area contributed by atoms with E-state index in [0.717, 1.165) is 22.7 Å². The lowest BCUT2D eigenvalue weighted by molar-refractivity contribution is 0.0414. The molecular weight excluding hydrogens is 380 g/mol. The van der Waals surface area contributed by atoms with Crippen molar-refractivity contribution in [3.8, 4) is 0 Å². The topological polar surface area (TPSA) is 69.5 Å². The maximum atomic E-state index is 11.6. The molecule has 1 atom stereocenters. The van der Waals surface area contributed by atoms with Gasteiger partial charge < -0.3 is 15.7 Å². The molecule has 0 aliphatic rings. The van der Waals surface area contributed by atoms with Gasteiger partial charge in [0.25, 0.3) is 0 Å². The van der Waals surface area contributed by atoms with Crippen LogP contribution in [0.2, 0.25) is 0 Å². The third-order valence-electron chi connectivity index (χ3n) is 4.58. The number of nitrogens with zero attached hydrogens (tertiary/aromatic N) is 2. The molecule has 3 N–H and O–H groups in total. The van der Waals surface area contributed by atoms with Crippen LogP contribution in [0.3, 0.4) is 0 Å². The second-order valence-electron chi connectivity index (χ2n) is 6.97. The number of thiazole rings is 1. The number of aliphatic imine (C=N–C) groups is 1. The fraction of sp³-hybridized carbons (Fsp3) is 0.304. The Morgan fingerprint density at radius 3 is 2.38 bits per heavy atom. The summed E-state index contributed by atoms with van der Waals surface area (Å²) in [5.74, 6) is 0.669. The van der Waals surface area contributed by atoms with Gasteiger partial charge >= 0.3 is 0 Å².